The second-order valence-corrected chi connectivity index (χ2v) is 6.00. The van der Waals surface area contributed by atoms with E-state index in [-0.39, 0.29) is 24.8 Å². The number of nitrogens with zero attached hydrogens (tertiary/aromatic N) is 5. The Bertz CT molecular complexity index is 655. The smallest absolute Gasteiger partial charge is 0.222 e. The zero-order valence-electron chi connectivity index (χ0n) is 13.9. The fourth-order valence-corrected chi connectivity index (χ4v) is 2.80. The van der Waals surface area contributed by atoms with Crippen molar-refractivity contribution in [2.75, 3.05) is 17.7 Å². The Labute approximate surface area is 154 Å². The van der Waals surface area contributed by atoms with Crippen LogP contribution in [0, 0.1) is 0 Å². The van der Waals surface area contributed by atoms with E-state index in [1.807, 2.05) is 30.2 Å². The highest BCUT2D eigenvalue weighted by atomic mass is 35.5. The zero-order valence-corrected chi connectivity index (χ0v) is 15.6. The number of nitrogen functional groups attached to an aromatic ring is 1. The minimum atomic E-state index is 0. The molecule has 0 unspecified atom stereocenters. The number of aryl methyl sites for hydroxylation is 1. The molecule has 9 heteroatoms. The topological polar surface area (TPSA) is 98.9 Å². The Kier molecular flexibility index (Phi) is 7.26. The SMILES string of the molecule is CCn1cc(CN(C)c2cc(C3CC(N)C3)nc(N)n2)cn1.Cl.Cl. The monoisotopic (exact) mass is 373 g/mol. The highest BCUT2D eigenvalue weighted by Crippen LogP contribution is 2.35. The predicted octanol–water partition coefficient (Wildman–Crippen LogP) is 1.96. The molecule has 0 bridgehead atoms. The zero-order chi connectivity index (χ0) is 15.7. The van der Waals surface area contributed by atoms with Crippen LogP contribution in [-0.2, 0) is 13.1 Å². The Balaban J connectivity index is 0.00000144. The molecule has 3 rings (SSSR count). The van der Waals surface area contributed by atoms with Crippen molar-refractivity contribution in [2.24, 2.45) is 5.73 Å². The van der Waals surface area contributed by atoms with Crippen molar-refractivity contribution in [3.63, 3.8) is 0 Å². The Hall–Kier alpha value is -1.57. The van der Waals surface area contributed by atoms with Gasteiger partial charge in [0.15, 0.2) is 0 Å². The molecule has 1 fully saturated rings. The van der Waals surface area contributed by atoms with Crippen molar-refractivity contribution in [1.82, 2.24) is 19.7 Å². The van der Waals surface area contributed by atoms with E-state index in [9.17, 15) is 0 Å². The van der Waals surface area contributed by atoms with E-state index in [0.29, 0.717) is 17.9 Å². The third-order valence-electron chi connectivity index (χ3n) is 4.16. The highest BCUT2D eigenvalue weighted by Gasteiger charge is 2.29. The second-order valence-electron chi connectivity index (χ2n) is 6.00. The van der Waals surface area contributed by atoms with Crippen LogP contribution in [0.15, 0.2) is 18.5 Å². The van der Waals surface area contributed by atoms with Crippen LogP contribution in [-0.4, -0.2) is 32.8 Å². The van der Waals surface area contributed by atoms with E-state index >= 15 is 0 Å². The lowest BCUT2D eigenvalue weighted by Gasteiger charge is -2.32. The first-order valence-electron chi connectivity index (χ1n) is 7.67. The fourth-order valence-electron chi connectivity index (χ4n) is 2.80. The molecule has 1 aliphatic rings. The Morgan fingerprint density at radius 2 is 2.00 bits per heavy atom. The van der Waals surface area contributed by atoms with Crippen molar-refractivity contribution < 1.29 is 0 Å². The molecule has 24 heavy (non-hydrogen) atoms. The molecule has 0 spiro atoms. The van der Waals surface area contributed by atoms with Crippen LogP contribution < -0.4 is 16.4 Å². The van der Waals surface area contributed by atoms with Gasteiger partial charge >= 0.3 is 0 Å². The molecule has 134 valence electrons. The summed E-state index contributed by atoms with van der Waals surface area (Å²) < 4.78 is 1.92. The van der Waals surface area contributed by atoms with Crippen LogP contribution >= 0.6 is 24.8 Å². The van der Waals surface area contributed by atoms with Crippen molar-refractivity contribution in [2.45, 2.75) is 44.8 Å². The van der Waals surface area contributed by atoms with Gasteiger partial charge < -0.3 is 16.4 Å². The van der Waals surface area contributed by atoms with Crippen LogP contribution in [0.3, 0.4) is 0 Å². The number of hydrogen-bond donors (Lipinski definition) is 2. The average molecular weight is 374 g/mol. The molecule has 0 saturated heterocycles. The van der Waals surface area contributed by atoms with Gasteiger partial charge in [0, 0.05) is 49.9 Å². The summed E-state index contributed by atoms with van der Waals surface area (Å²) in [5.41, 5.74) is 13.9. The number of nitrogens with two attached hydrogens (primary N) is 2. The number of rotatable bonds is 5. The summed E-state index contributed by atoms with van der Waals surface area (Å²) in [4.78, 5) is 10.8. The summed E-state index contributed by atoms with van der Waals surface area (Å²) in [7, 11) is 2.00. The molecule has 1 saturated carbocycles. The summed E-state index contributed by atoms with van der Waals surface area (Å²) in [6, 6.07) is 2.32. The molecule has 0 radical (unpaired) electrons. The van der Waals surface area contributed by atoms with Crippen molar-refractivity contribution in [3.05, 3.63) is 29.7 Å². The summed E-state index contributed by atoms with van der Waals surface area (Å²) in [6.07, 6.45) is 5.88. The van der Waals surface area contributed by atoms with Gasteiger partial charge in [-0.05, 0) is 19.8 Å². The molecular weight excluding hydrogens is 349 g/mol. The van der Waals surface area contributed by atoms with Crippen molar-refractivity contribution >= 4 is 36.6 Å². The van der Waals surface area contributed by atoms with Crippen LogP contribution in [0.5, 0.6) is 0 Å². The maximum atomic E-state index is 5.87. The minimum absolute atomic E-state index is 0. The van der Waals surface area contributed by atoms with Gasteiger partial charge in [0.25, 0.3) is 0 Å². The maximum absolute atomic E-state index is 5.87. The van der Waals surface area contributed by atoms with E-state index in [0.717, 1.165) is 43.0 Å². The quantitative estimate of drug-likeness (QED) is 0.830. The Morgan fingerprint density at radius 3 is 2.58 bits per heavy atom. The maximum Gasteiger partial charge on any atom is 0.222 e. The summed E-state index contributed by atoms with van der Waals surface area (Å²) in [5.74, 6) is 1.58. The lowest BCUT2D eigenvalue weighted by Crippen LogP contribution is -2.35. The molecule has 4 N–H and O–H groups in total. The second kappa shape index (κ2) is 8.50. The first kappa shape index (κ1) is 20.5. The van der Waals surface area contributed by atoms with E-state index < -0.39 is 0 Å². The summed E-state index contributed by atoms with van der Waals surface area (Å²) in [5, 5.41) is 4.29. The minimum Gasteiger partial charge on any atom is -0.368 e. The molecule has 0 amide bonds. The van der Waals surface area contributed by atoms with Crippen LogP contribution in [0.25, 0.3) is 0 Å². The van der Waals surface area contributed by atoms with Crippen molar-refractivity contribution in [1.29, 1.82) is 0 Å². The van der Waals surface area contributed by atoms with Crippen molar-refractivity contribution in [3.8, 4) is 0 Å². The number of halogens is 2. The number of hydrogen-bond acceptors (Lipinski definition) is 6. The van der Waals surface area contributed by atoms with Gasteiger partial charge in [-0.1, -0.05) is 0 Å². The molecular formula is C15H25Cl2N7. The van der Waals surface area contributed by atoms with E-state index in [1.165, 1.54) is 0 Å². The van der Waals surface area contributed by atoms with Crippen LogP contribution in [0.2, 0.25) is 0 Å². The molecule has 0 aliphatic heterocycles. The van der Waals surface area contributed by atoms with Gasteiger partial charge in [-0.3, -0.25) is 4.68 Å². The number of aromatic nitrogens is 4. The lowest BCUT2D eigenvalue weighted by atomic mass is 9.78. The molecule has 2 heterocycles. The van der Waals surface area contributed by atoms with Crippen LogP contribution in [0.4, 0.5) is 11.8 Å². The highest BCUT2D eigenvalue weighted by molar-refractivity contribution is 5.85. The standard InChI is InChI=1S/C15H23N7.2ClH/c1-3-22-9-10(7-18-22)8-21(2)14-6-13(19-15(17)20-14)11-4-12(16)5-11;;/h6-7,9,11-12H,3-5,8,16H2,1-2H3,(H2,17,19,20);2*1H. The van der Waals surface area contributed by atoms with E-state index in [1.54, 1.807) is 0 Å². The molecule has 2 aromatic rings. The lowest BCUT2D eigenvalue weighted by molar-refractivity contribution is 0.345. The molecule has 1 aliphatic carbocycles. The normalized spacial score (nSPS) is 19.0. The first-order valence-corrected chi connectivity index (χ1v) is 7.67. The first-order chi connectivity index (χ1) is 10.5. The summed E-state index contributed by atoms with van der Waals surface area (Å²) in [6.45, 7) is 3.68. The van der Waals surface area contributed by atoms with E-state index in [4.69, 9.17) is 11.5 Å². The van der Waals surface area contributed by atoms with Crippen LogP contribution in [0.1, 0.15) is 36.9 Å². The molecule has 7 nitrogen and oxygen atoms in total. The van der Waals surface area contributed by atoms with Gasteiger partial charge in [0.1, 0.15) is 5.82 Å². The fraction of sp³-hybridized carbons (Fsp3) is 0.533. The third-order valence-corrected chi connectivity index (χ3v) is 4.16. The molecule has 0 atom stereocenters. The largest absolute Gasteiger partial charge is 0.368 e. The Morgan fingerprint density at radius 1 is 1.29 bits per heavy atom. The van der Waals surface area contributed by atoms with Gasteiger partial charge in [-0.15, -0.1) is 24.8 Å². The summed E-state index contributed by atoms with van der Waals surface area (Å²) >= 11 is 0. The number of anilines is 2. The van der Waals surface area contributed by atoms with Gasteiger partial charge in [0.2, 0.25) is 5.95 Å². The van der Waals surface area contributed by atoms with Gasteiger partial charge in [-0.25, -0.2) is 4.98 Å². The van der Waals surface area contributed by atoms with Gasteiger partial charge in [-0.2, -0.15) is 10.1 Å². The molecule has 2 aromatic heterocycles. The predicted molar refractivity (Wildman–Crippen MR) is 101 cm³/mol. The third kappa shape index (κ3) is 4.49. The average Bonchev–Trinajstić information content (AvgIpc) is 2.91. The van der Waals surface area contributed by atoms with E-state index in [2.05, 4.69) is 26.9 Å². The molecule has 0 aromatic carbocycles. The van der Waals surface area contributed by atoms with Gasteiger partial charge in [0.05, 0.1) is 11.9 Å².